The van der Waals surface area contributed by atoms with Crippen molar-refractivity contribution in [1.29, 1.82) is 0 Å². The summed E-state index contributed by atoms with van der Waals surface area (Å²) in [5.74, 6) is -1.39. The first-order valence-corrected chi connectivity index (χ1v) is 10.4. The third kappa shape index (κ3) is 4.82. The molecule has 0 radical (unpaired) electrons. The van der Waals surface area contributed by atoms with Crippen LogP contribution in [0.25, 0.3) is 22.5 Å². The first kappa shape index (κ1) is 22.0. The Bertz CT molecular complexity index is 1290. The van der Waals surface area contributed by atoms with E-state index in [9.17, 15) is 14.0 Å². The second kappa shape index (κ2) is 9.08. The predicted octanol–water partition coefficient (Wildman–Crippen LogP) is 4.10. The molecular formula is C26H23FN4O2. The second-order valence-corrected chi connectivity index (χ2v) is 8.03. The lowest BCUT2D eigenvalue weighted by molar-refractivity contribution is -0.123. The number of benzene rings is 3. The van der Waals surface area contributed by atoms with Gasteiger partial charge in [-0.05, 0) is 54.4 Å². The minimum absolute atomic E-state index is 0.258. The summed E-state index contributed by atoms with van der Waals surface area (Å²) in [6.07, 6.45) is 0.258. The zero-order chi connectivity index (χ0) is 23.4. The van der Waals surface area contributed by atoms with E-state index in [0.717, 1.165) is 11.1 Å². The molecule has 0 saturated heterocycles. The highest BCUT2D eigenvalue weighted by atomic mass is 19.1. The number of primary amides is 1. The Morgan fingerprint density at radius 1 is 1.00 bits per heavy atom. The molecule has 33 heavy (non-hydrogen) atoms. The number of nitrogens with zero attached hydrogens (tertiary/aromatic N) is 1. The van der Waals surface area contributed by atoms with Gasteiger partial charge in [0.2, 0.25) is 5.91 Å². The highest BCUT2D eigenvalue weighted by Gasteiger charge is 2.34. The average molecular weight is 442 g/mol. The molecule has 0 aliphatic rings. The van der Waals surface area contributed by atoms with Crippen LogP contribution < -0.4 is 11.1 Å². The van der Waals surface area contributed by atoms with E-state index in [-0.39, 0.29) is 12.2 Å². The zero-order valence-corrected chi connectivity index (χ0v) is 18.0. The van der Waals surface area contributed by atoms with Crippen molar-refractivity contribution in [3.05, 3.63) is 102 Å². The van der Waals surface area contributed by atoms with E-state index >= 15 is 0 Å². The van der Waals surface area contributed by atoms with E-state index < -0.39 is 17.4 Å². The molecule has 4 rings (SSSR count). The van der Waals surface area contributed by atoms with Gasteiger partial charge in [-0.3, -0.25) is 14.7 Å². The maximum absolute atomic E-state index is 13.3. The first-order chi connectivity index (χ1) is 15.9. The SMILES string of the molecule is CC(Cc1ccccc1)(NC(=O)c1ccccc1-c1cc(-c2ccc(F)cc2)[nH]n1)C(N)=O. The van der Waals surface area contributed by atoms with E-state index in [2.05, 4.69) is 15.5 Å². The fraction of sp³-hybridized carbons (Fsp3) is 0.115. The van der Waals surface area contributed by atoms with E-state index in [4.69, 9.17) is 5.73 Å². The maximum Gasteiger partial charge on any atom is 0.252 e. The van der Waals surface area contributed by atoms with Crippen LogP contribution in [0.2, 0.25) is 0 Å². The van der Waals surface area contributed by atoms with Gasteiger partial charge in [-0.1, -0.05) is 48.5 Å². The highest BCUT2D eigenvalue weighted by Crippen LogP contribution is 2.27. The lowest BCUT2D eigenvalue weighted by Gasteiger charge is -2.28. The predicted molar refractivity (Wildman–Crippen MR) is 125 cm³/mol. The van der Waals surface area contributed by atoms with Gasteiger partial charge >= 0.3 is 0 Å². The number of carbonyl (C=O) groups is 2. The third-order valence-electron chi connectivity index (χ3n) is 5.51. The normalized spacial score (nSPS) is 12.7. The molecule has 1 aromatic heterocycles. The van der Waals surface area contributed by atoms with Gasteiger partial charge in [0.15, 0.2) is 0 Å². The number of carbonyl (C=O) groups excluding carboxylic acids is 2. The molecule has 7 heteroatoms. The van der Waals surface area contributed by atoms with Crippen molar-refractivity contribution in [3.8, 4) is 22.5 Å². The Kier molecular flexibility index (Phi) is 6.04. The number of H-pyrrole nitrogens is 1. The minimum atomic E-state index is -1.28. The van der Waals surface area contributed by atoms with Gasteiger partial charge in [-0.2, -0.15) is 5.10 Å². The molecule has 6 nitrogen and oxygen atoms in total. The summed E-state index contributed by atoms with van der Waals surface area (Å²) < 4.78 is 13.2. The van der Waals surface area contributed by atoms with E-state index in [1.54, 1.807) is 49.4 Å². The van der Waals surface area contributed by atoms with Crippen LogP contribution >= 0.6 is 0 Å². The minimum Gasteiger partial charge on any atom is -0.368 e. The summed E-state index contributed by atoms with van der Waals surface area (Å²) in [6, 6.07) is 24.2. The zero-order valence-electron chi connectivity index (χ0n) is 18.0. The standard InChI is InChI=1S/C26H23FN4O2/c1-26(25(28)33,16-17-7-3-2-4-8-17)29-24(32)21-10-6-5-9-20(21)23-15-22(30-31-23)18-11-13-19(27)14-12-18/h2-15H,16H2,1H3,(H2,28,33)(H,29,32)(H,30,31). The maximum atomic E-state index is 13.3. The van der Waals surface area contributed by atoms with Crippen LogP contribution in [-0.2, 0) is 11.2 Å². The van der Waals surface area contributed by atoms with Crippen molar-refractivity contribution >= 4 is 11.8 Å². The number of nitrogens with one attached hydrogen (secondary N) is 2. The molecule has 1 unspecified atom stereocenters. The van der Waals surface area contributed by atoms with Crippen LogP contribution in [0.4, 0.5) is 4.39 Å². The van der Waals surface area contributed by atoms with Crippen LogP contribution in [0.15, 0.2) is 84.9 Å². The molecule has 0 aliphatic heterocycles. The van der Waals surface area contributed by atoms with Crippen molar-refractivity contribution in [2.24, 2.45) is 5.73 Å². The number of hydrogen-bond donors (Lipinski definition) is 3. The number of nitrogens with two attached hydrogens (primary N) is 1. The van der Waals surface area contributed by atoms with Crippen LogP contribution in [-0.4, -0.2) is 27.6 Å². The van der Waals surface area contributed by atoms with Gasteiger partial charge in [0.1, 0.15) is 11.4 Å². The molecule has 3 aromatic carbocycles. The number of rotatable bonds is 7. The summed E-state index contributed by atoms with van der Waals surface area (Å²) in [4.78, 5) is 25.6. The smallest absolute Gasteiger partial charge is 0.252 e. The van der Waals surface area contributed by atoms with Crippen LogP contribution in [0.1, 0.15) is 22.8 Å². The number of aromatic nitrogens is 2. The Hall–Kier alpha value is -4.26. The monoisotopic (exact) mass is 442 g/mol. The van der Waals surface area contributed by atoms with Crippen molar-refractivity contribution < 1.29 is 14.0 Å². The lowest BCUT2D eigenvalue weighted by atomic mass is 9.91. The molecule has 4 aromatic rings. The van der Waals surface area contributed by atoms with Crippen molar-refractivity contribution in [2.45, 2.75) is 18.9 Å². The van der Waals surface area contributed by atoms with Crippen LogP contribution in [0.5, 0.6) is 0 Å². The van der Waals surface area contributed by atoms with Crippen molar-refractivity contribution in [2.75, 3.05) is 0 Å². The van der Waals surface area contributed by atoms with Crippen molar-refractivity contribution in [1.82, 2.24) is 15.5 Å². The van der Waals surface area contributed by atoms with Gasteiger partial charge in [0.25, 0.3) is 5.91 Å². The first-order valence-electron chi connectivity index (χ1n) is 10.4. The molecule has 0 spiro atoms. The summed E-state index contributed by atoms with van der Waals surface area (Å²) in [6.45, 7) is 1.62. The molecule has 0 bridgehead atoms. The van der Waals surface area contributed by atoms with E-state index in [1.807, 2.05) is 30.3 Å². The van der Waals surface area contributed by atoms with Crippen LogP contribution in [0, 0.1) is 5.82 Å². The topological polar surface area (TPSA) is 101 Å². The van der Waals surface area contributed by atoms with Gasteiger partial charge < -0.3 is 11.1 Å². The number of halogens is 1. The van der Waals surface area contributed by atoms with Gasteiger partial charge in [0, 0.05) is 17.5 Å². The summed E-state index contributed by atoms with van der Waals surface area (Å²) in [5.41, 5.74) is 8.21. The largest absolute Gasteiger partial charge is 0.368 e. The molecule has 0 saturated carbocycles. The summed E-state index contributed by atoms with van der Waals surface area (Å²) in [7, 11) is 0. The quantitative estimate of drug-likeness (QED) is 0.402. The second-order valence-electron chi connectivity index (χ2n) is 8.03. The number of aromatic amines is 1. The Morgan fingerprint density at radius 3 is 2.36 bits per heavy atom. The Balaban J connectivity index is 1.62. The van der Waals surface area contributed by atoms with Crippen LogP contribution in [0.3, 0.4) is 0 Å². The molecule has 166 valence electrons. The third-order valence-corrected chi connectivity index (χ3v) is 5.51. The molecule has 4 N–H and O–H groups in total. The number of amides is 2. The molecule has 0 fully saturated rings. The summed E-state index contributed by atoms with van der Waals surface area (Å²) >= 11 is 0. The molecule has 1 heterocycles. The fourth-order valence-electron chi connectivity index (χ4n) is 3.66. The van der Waals surface area contributed by atoms with Crippen molar-refractivity contribution in [3.63, 3.8) is 0 Å². The van der Waals surface area contributed by atoms with E-state index in [1.165, 1.54) is 12.1 Å². The molecular weight excluding hydrogens is 419 g/mol. The molecule has 1 atom stereocenters. The molecule has 0 aliphatic carbocycles. The fourth-order valence-corrected chi connectivity index (χ4v) is 3.66. The van der Waals surface area contributed by atoms with E-state index in [0.29, 0.717) is 22.5 Å². The molecule has 2 amide bonds. The average Bonchev–Trinajstić information content (AvgIpc) is 3.30. The Morgan fingerprint density at radius 2 is 1.67 bits per heavy atom. The lowest BCUT2D eigenvalue weighted by Crippen LogP contribution is -2.56. The van der Waals surface area contributed by atoms with Gasteiger partial charge in [0.05, 0.1) is 11.4 Å². The van der Waals surface area contributed by atoms with Gasteiger partial charge in [-0.15, -0.1) is 0 Å². The Labute approximate surface area is 190 Å². The number of hydrogen-bond acceptors (Lipinski definition) is 3. The summed E-state index contributed by atoms with van der Waals surface area (Å²) in [5, 5.41) is 10.1. The highest BCUT2D eigenvalue weighted by molar-refractivity contribution is 6.03. The van der Waals surface area contributed by atoms with Gasteiger partial charge in [-0.25, -0.2) is 4.39 Å².